The molecule has 1 aliphatic heterocycles. The Labute approximate surface area is 97.1 Å². The Balaban J connectivity index is 2.02. The molecule has 0 aliphatic carbocycles. The van der Waals surface area contributed by atoms with Crippen molar-refractivity contribution in [2.75, 3.05) is 31.6 Å². The number of aromatic nitrogens is 2. The molecule has 1 aliphatic rings. The number of nitrogens with zero attached hydrogens (tertiary/aromatic N) is 2. The highest BCUT2D eigenvalue weighted by Crippen LogP contribution is 2.12. The summed E-state index contributed by atoms with van der Waals surface area (Å²) in [7, 11) is 0. The Hall–Kier alpha value is -2.09. The van der Waals surface area contributed by atoms with Gasteiger partial charge in [0.1, 0.15) is 5.69 Å². The van der Waals surface area contributed by atoms with Crippen molar-refractivity contribution < 1.29 is 14.3 Å². The van der Waals surface area contributed by atoms with Crippen molar-refractivity contribution in [1.29, 1.82) is 0 Å². The Bertz CT molecular complexity index is 424. The number of carbonyl (C=O) groups excluding carboxylic acids is 2. The van der Waals surface area contributed by atoms with E-state index in [0.717, 1.165) is 0 Å². The molecule has 2 heterocycles. The highest BCUT2D eigenvalue weighted by atomic mass is 16.5. The number of ether oxygens (including phenoxy) is 1. The van der Waals surface area contributed by atoms with Gasteiger partial charge in [0.25, 0.3) is 5.91 Å². The summed E-state index contributed by atoms with van der Waals surface area (Å²) in [4.78, 5) is 24.4. The zero-order valence-corrected chi connectivity index (χ0v) is 9.10. The second-order valence-corrected chi connectivity index (χ2v) is 3.55. The zero-order chi connectivity index (χ0) is 12.3. The SMILES string of the molecule is NC(=O)c1[nH]ncc1NC(=O)N1CCOCC1. The van der Waals surface area contributed by atoms with Gasteiger partial charge in [-0.05, 0) is 0 Å². The molecule has 1 aromatic heterocycles. The fraction of sp³-hybridized carbons (Fsp3) is 0.444. The third-order valence-corrected chi connectivity index (χ3v) is 2.43. The molecule has 0 unspecified atom stereocenters. The van der Waals surface area contributed by atoms with Crippen LogP contribution in [0.4, 0.5) is 10.5 Å². The highest BCUT2D eigenvalue weighted by Gasteiger charge is 2.19. The standard InChI is InChI=1S/C9H13N5O3/c10-8(15)7-6(5-11-13-7)12-9(16)14-1-3-17-4-2-14/h5H,1-4H2,(H2,10,15)(H,11,13)(H,12,16). The van der Waals surface area contributed by atoms with Crippen molar-refractivity contribution in [3.05, 3.63) is 11.9 Å². The summed E-state index contributed by atoms with van der Waals surface area (Å²) in [5, 5.41) is 8.67. The summed E-state index contributed by atoms with van der Waals surface area (Å²) >= 11 is 0. The Morgan fingerprint density at radius 1 is 1.47 bits per heavy atom. The van der Waals surface area contributed by atoms with Gasteiger partial charge in [0.15, 0.2) is 0 Å². The van der Waals surface area contributed by atoms with E-state index in [4.69, 9.17) is 10.5 Å². The van der Waals surface area contributed by atoms with E-state index >= 15 is 0 Å². The molecule has 92 valence electrons. The Kier molecular flexibility index (Phi) is 3.24. The number of H-pyrrole nitrogens is 1. The van der Waals surface area contributed by atoms with Gasteiger partial charge in [-0.15, -0.1) is 0 Å². The van der Waals surface area contributed by atoms with Crippen molar-refractivity contribution in [3.63, 3.8) is 0 Å². The van der Waals surface area contributed by atoms with Gasteiger partial charge in [-0.1, -0.05) is 0 Å². The molecule has 4 N–H and O–H groups in total. The van der Waals surface area contributed by atoms with Crippen molar-refractivity contribution in [2.45, 2.75) is 0 Å². The fourth-order valence-electron chi connectivity index (χ4n) is 1.53. The van der Waals surface area contributed by atoms with Crippen LogP contribution in [-0.4, -0.2) is 53.3 Å². The molecule has 1 fully saturated rings. The molecule has 0 spiro atoms. The molecule has 0 bridgehead atoms. The fourth-order valence-corrected chi connectivity index (χ4v) is 1.53. The van der Waals surface area contributed by atoms with Crippen LogP contribution in [0.25, 0.3) is 0 Å². The van der Waals surface area contributed by atoms with Crippen LogP contribution in [0.15, 0.2) is 6.20 Å². The van der Waals surface area contributed by atoms with Gasteiger partial charge in [0, 0.05) is 13.1 Å². The zero-order valence-electron chi connectivity index (χ0n) is 9.10. The monoisotopic (exact) mass is 239 g/mol. The molecular formula is C9H13N5O3. The molecule has 1 aromatic rings. The number of carbonyl (C=O) groups is 2. The minimum Gasteiger partial charge on any atom is -0.378 e. The van der Waals surface area contributed by atoms with Gasteiger partial charge < -0.3 is 20.7 Å². The van der Waals surface area contributed by atoms with Crippen LogP contribution >= 0.6 is 0 Å². The van der Waals surface area contributed by atoms with Gasteiger partial charge in [0.05, 0.1) is 25.1 Å². The number of urea groups is 1. The van der Waals surface area contributed by atoms with Crippen LogP contribution in [0.3, 0.4) is 0 Å². The van der Waals surface area contributed by atoms with E-state index in [1.165, 1.54) is 6.20 Å². The lowest BCUT2D eigenvalue weighted by molar-refractivity contribution is 0.0564. The maximum Gasteiger partial charge on any atom is 0.322 e. The first-order valence-electron chi connectivity index (χ1n) is 5.15. The van der Waals surface area contributed by atoms with Crippen LogP contribution in [0, 0.1) is 0 Å². The molecule has 8 nitrogen and oxygen atoms in total. The number of rotatable bonds is 2. The lowest BCUT2D eigenvalue weighted by atomic mass is 10.3. The summed E-state index contributed by atoms with van der Waals surface area (Å²) in [5.41, 5.74) is 5.49. The smallest absolute Gasteiger partial charge is 0.322 e. The topological polar surface area (TPSA) is 113 Å². The number of nitrogens with one attached hydrogen (secondary N) is 2. The molecule has 3 amide bonds. The number of aromatic amines is 1. The number of morpholine rings is 1. The number of nitrogens with two attached hydrogens (primary N) is 1. The third-order valence-electron chi connectivity index (χ3n) is 2.43. The predicted molar refractivity (Wildman–Crippen MR) is 58.5 cm³/mol. The van der Waals surface area contributed by atoms with E-state index in [0.29, 0.717) is 26.3 Å². The lowest BCUT2D eigenvalue weighted by Gasteiger charge is -2.26. The van der Waals surface area contributed by atoms with Gasteiger partial charge >= 0.3 is 6.03 Å². The summed E-state index contributed by atoms with van der Waals surface area (Å²) in [6.45, 7) is 2.08. The number of primary amides is 1. The van der Waals surface area contributed by atoms with E-state index in [-0.39, 0.29) is 17.4 Å². The number of hydrogen-bond donors (Lipinski definition) is 3. The van der Waals surface area contributed by atoms with E-state index in [1.807, 2.05) is 0 Å². The van der Waals surface area contributed by atoms with Crippen molar-refractivity contribution >= 4 is 17.6 Å². The summed E-state index contributed by atoms with van der Waals surface area (Å²) in [6, 6.07) is -0.294. The number of anilines is 1. The summed E-state index contributed by atoms with van der Waals surface area (Å²) in [5.74, 6) is -0.667. The van der Waals surface area contributed by atoms with Crippen LogP contribution < -0.4 is 11.1 Å². The van der Waals surface area contributed by atoms with Gasteiger partial charge in [-0.3, -0.25) is 9.89 Å². The minimum absolute atomic E-state index is 0.0895. The average Bonchev–Trinajstić information content (AvgIpc) is 2.78. The largest absolute Gasteiger partial charge is 0.378 e. The molecule has 0 radical (unpaired) electrons. The lowest BCUT2D eigenvalue weighted by Crippen LogP contribution is -2.43. The Morgan fingerprint density at radius 2 is 2.18 bits per heavy atom. The number of amides is 3. The van der Waals surface area contributed by atoms with Crippen LogP contribution in [-0.2, 0) is 4.74 Å². The molecule has 8 heteroatoms. The third kappa shape index (κ3) is 2.53. The van der Waals surface area contributed by atoms with E-state index in [9.17, 15) is 9.59 Å². The Morgan fingerprint density at radius 3 is 2.82 bits per heavy atom. The van der Waals surface area contributed by atoms with Crippen molar-refractivity contribution in [3.8, 4) is 0 Å². The summed E-state index contributed by atoms with van der Waals surface area (Å²) in [6.07, 6.45) is 1.35. The minimum atomic E-state index is -0.667. The summed E-state index contributed by atoms with van der Waals surface area (Å²) < 4.78 is 5.13. The normalized spacial score (nSPS) is 15.6. The van der Waals surface area contributed by atoms with Gasteiger partial charge in [-0.2, -0.15) is 5.10 Å². The molecule has 0 aromatic carbocycles. The molecule has 0 atom stereocenters. The highest BCUT2D eigenvalue weighted by molar-refractivity contribution is 6.00. The first kappa shape index (κ1) is 11.4. The quantitative estimate of drug-likeness (QED) is 0.637. The molecule has 0 saturated carbocycles. The average molecular weight is 239 g/mol. The first-order chi connectivity index (χ1) is 8.18. The molecule has 1 saturated heterocycles. The van der Waals surface area contributed by atoms with Crippen LogP contribution in [0.5, 0.6) is 0 Å². The molecule has 2 rings (SSSR count). The van der Waals surface area contributed by atoms with Crippen LogP contribution in [0.1, 0.15) is 10.5 Å². The second-order valence-electron chi connectivity index (χ2n) is 3.55. The maximum atomic E-state index is 11.8. The van der Waals surface area contributed by atoms with Gasteiger partial charge in [-0.25, -0.2) is 4.79 Å². The molecular weight excluding hydrogens is 226 g/mol. The molecule has 17 heavy (non-hydrogen) atoms. The van der Waals surface area contributed by atoms with E-state index in [1.54, 1.807) is 4.90 Å². The first-order valence-corrected chi connectivity index (χ1v) is 5.15. The maximum absolute atomic E-state index is 11.8. The number of hydrogen-bond acceptors (Lipinski definition) is 4. The van der Waals surface area contributed by atoms with Crippen molar-refractivity contribution in [2.24, 2.45) is 5.73 Å². The van der Waals surface area contributed by atoms with E-state index in [2.05, 4.69) is 15.5 Å². The predicted octanol–water partition coefficient (Wildman–Crippen LogP) is -0.627. The van der Waals surface area contributed by atoms with Crippen LogP contribution in [0.2, 0.25) is 0 Å². The van der Waals surface area contributed by atoms with E-state index < -0.39 is 5.91 Å². The van der Waals surface area contributed by atoms with Gasteiger partial charge in [0.2, 0.25) is 0 Å². The second kappa shape index (κ2) is 4.83. The van der Waals surface area contributed by atoms with Crippen molar-refractivity contribution in [1.82, 2.24) is 15.1 Å².